The normalized spacial score (nSPS) is 15.2. The number of anilines is 2. The van der Waals surface area contributed by atoms with Gasteiger partial charge in [0.15, 0.2) is 0 Å². The van der Waals surface area contributed by atoms with Crippen molar-refractivity contribution in [2.45, 2.75) is 25.8 Å². The third-order valence-electron chi connectivity index (χ3n) is 2.87. The van der Waals surface area contributed by atoms with Gasteiger partial charge in [0.1, 0.15) is 10.4 Å². The molecule has 0 atom stereocenters. The standard InChI is InChI=1S/C11H18BrN5/c1-2-17(8-3-4-8)6-5-14-11-15-9(12)7-10(13)16-11/h7-8H,2-6H2,1H3,(H3,13,14,15,16). The molecule has 6 heteroatoms. The molecule has 3 N–H and O–H groups in total. The molecular formula is C11H18BrN5. The summed E-state index contributed by atoms with van der Waals surface area (Å²) in [6.07, 6.45) is 2.68. The lowest BCUT2D eigenvalue weighted by Crippen LogP contribution is -2.31. The molecule has 0 aromatic carbocycles. The van der Waals surface area contributed by atoms with E-state index >= 15 is 0 Å². The number of nitrogens with zero attached hydrogens (tertiary/aromatic N) is 3. The summed E-state index contributed by atoms with van der Waals surface area (Å²) in [4.78, 5) is 10.8. The summed E-state index contributed by atoms with van der Waals surface area (Å²) in [5, 5.41) is 3.20. The van der Waals surface area contributed by atoms with Crippen molar-refractivity contribution in [2.75, 3.05) is 30.7 Å². The van der Waals surface area contributed by atoms with Crippen molar-refractivity contribution in [3.63, 3.8) is 0 Å². The first-order valence-corrected chi connectivity index (χ1v) is 6.76. The average Bonchev–Trinajstić information content (AvgIpc) is 3.07. The van der Waals surface area contributed by atoms with Crippen molar-refractivity contribution in [2.24, 2.45) is 0 Å². The molecule has 1 aliphatic carbocycles. The Morgan fingerprint density at radius 2 is 2.29 bits per heavy atom. The first-order valence-electron chi connectivity index (χ1n) is 5.97. The third-order valence-corrected chi connectivity index (χ3v) is 3.27. The molecular weight excluding hydrogens is 282 g/mol. The Morgan fingerprint density at radius 3 is 2.88 bits per heavy atom. The molecule has 1 heterocycles. The van der Waals surface area contributed by atoms with E-state index in [0.717, 1.165) is 25.7 Å². The largest absolute Gasteiger partial charge is 0.383 e. The zero-order valence-electron chi connectivity index (χ0n) is 9.99. The van der Waals surface area contributed by atoms with Crippen molar-refractivity contribution >= 4 is 27.7 Å². The zero-order valence-corrected chi connectivity index (χ0v) is 11.6. The Kier molecular flexibility index (Phi) is 4.17. The van der Waals surface area contributed by atoms with Gasteiger partial charge in [0.25, 0.3) is 0 Å². The molecule has 1 saturated carbocycles. The van der Waals surface area contributed by atoms with Crippen LogP contribution in [0.25, 0.3) is 0 Å². The first kappa shape index (κ1) is 12.6. The predicted octanol–water partition coefficient (Wildman–Crippen LogP) is 1.72. The SMILES string of the molecule is CCN(CCNc1nc(N)cc(Br)n1)C1CC1. The fourth-order valence-electron chi connectivity index (χ4n) is 1.86. The van der Waals surface area contributed by atoms with E-state index in [1.165, 1.54) is 12.8 Å². The lowest BCUT2D eigenvalue weighted by atomic mass is 10.4. The van der Waals surface area contributed by atoms with Crippen molar-refractivity contribution in [3.05, 3.63) is 10.7 Å². The van der Waals surface area contributed by atoms with Gasteiger partial charge >= 0.3 is 0 Å². The second-order valence-electron chi connectivity index (χ2n) is 4.23. The monoisotopic (exact) mass is 299 g/mol. The molecule has 0 aliphatic heterocycles. The van der Waals surface area contributed by atoms with Crippen LogP contribution < -0.4 is 11.1 Å². The molecule has 1 aromatic rings. The summed E-state index contributed by atoms with van der Waals surface area (Å²) in [6, 6.07) is 2.49. The van der Waals surface area contributed by atoms with Crippen LogP contribution in [-0.2, 0) is 0 Å². The Balaban J connectivity index is 1.80. The van der Waals surface area contributed by atoms with Gasteiger partial charge in [-0.1, -0.05) is 6.92 Å². The highest BCUT2D eigenvalue weighted by Gasteiger charge is 2.27. The smallest absolute Gasteiger partial charge is 0.225 e. The number of rotatable bonds is 6. The maximum Gasteiger partial charge on any atom is 0.225 e. The van der Waals surface area contributed by atoms with Crippen molar-refractivity contribution in [1.82, 2.24) is 14.9 Å². The Labute approximate surface area is 110 Å². The van der Waals surface area contributed by atoms with Gasteiger partial charge in [0.05, 0.1) is 0 Å². The topological polar surface area (TPSA) is 67.1 Å². The number of aromatic nitrogens is 2. The van der Waals surface area contributed by atoms with Crippen LogP contribution in [0.3, 0.4) is 0 Å². The maximum absolute atomic E-state index is 5.64. The highest BCUT2D eigenvalue weighted by Crippen LogP contribution is 2.25. The van der Waals surface area contributed by atoms with Crippen LogP contribution in [0.5, 0.6) is 0 Å². The molecule has 0 saturated heterocycles. The van der Waals surface area contributed by atoms with E-state index in [-0.39, 0.29) is 0 Å². The van der Waals surface area contributed by atoms with Crippen LogP contribution in [0.2, 0.25) is 0 Å². The number of nitrogens with two attached hydrogens (primary N) is 1. The van der Waals surface area contributed by atoms with Gasteiger partial charge < -0.3 is 11.1 Å². The minimum atomic E-state index is 0.476. The minimum absolute atomic E-state index is 0.476. The molecule has 0 amide bonds. The fourth-order valence-corrected chi connectivity index (χ4v) is 2.27. The zero-order chi connectivity index (χ0) is 12.3. The molecule has 0 unspecified atom stereocenters. The van der Waals surface area contributed by atoms with E-state index < -0.39 is 0 Å². The fraction of sp³-hybridized carbons (Fsp3) is 0.636. The summed E-state index contributed by atoms with van der Waals surface area (Å²) in [6.45, 7) is 5.18. The van der Waals surface area contributed by atoms with Crippen LogP contribution in [0.1, 0.15) is 19.8 Å². The molecule has 1 aromatic heterocycles. The third kappa shape index (κ3) is 3.81. The number of halogens is 1. The van der Waals surface area contributed by atoms with Crippen LogP contribution in [0, 0.1) is 0 Å². The van der Waals surface area contributed by atoms with Crippen LogP contribution >= 0.6 is 15.9 Å². The van der Waals surface area contributed by atoms with Crippen LogP contribution in [-0.4, -0.2) is 40.5 Å². The molecule has 0 bridgehead atoms. The summed E-state index contributed by atoms with van der Waals surface area (Å²) in [5.41, 5.74) is 5.64. The number of nitrogen functional groups attached to an aromatic ring is 1. The number of hydrogen-bond acceptors (Lipinski definition) is 5. The van der Waals surface area contributed by atoms with Gasteiger partial charge in [-0.25, -0.2) is 4.98 Å². The van der Waals surface area contributed by atoms with E-state index in [1.807, 2.05) is 0 Å². The van der Waals surface area contributed by atoms with Crippen LogP contribution in [0.15, 0.2) is 10.7 Å². The minimum Gasteiger partial charge on any atom is -0.383 e. The first-order chi connectivity index (χ1) is 8.19. The van der Waals surface area contributed by atoms with Crippen molar-refractivity contribution < 1.29 is 0 Å². The Bertz CT molecular complexity index is 360. The molecule has 1 aliphatic rings. The Hall–Kier alpha value is -0.880. The molecule has 94 valence electrons. The van der Waals surface area contributed by atoms with Gasteiger partial charge in [0.2, 0.25) is 5.95 Å². The highest BCUT2D eigenvalue weighted by molar-refractivity contribution is 9.10. The number of nitrogens with one attached hydrogen (secondary N) is 1. The van der Waals surface area contributed by atoms with E-state index in [1.54, 1.807) is 6.07 Å². The van der Waals surface area contributed by atoms with Crippen molar-refractivity contribution in [1.29, 1.82) is 0 Å². The lowest BCUT2D eigenvalue weighted by Gasteiger charge is -2.19. The molecule has 0 spiro atoms. The second kappa shape index (κ2) is 5.64. The quantitative estimate of drug-likeness (QED) is 0.783. The second-order valence-corrected chi connectivity index (χ2v) is 5.04. The highest BCUT2D eigenvalue weighted by atomic mass is 79.9. The lowest BCUT2D eigenvalue weighted by molar-refractivity contribution is 0.289. The number of likely N-dealkylation sites (N-methyl/N-ethyl adjacent to an activating group) is 1. The molecule has 2 rings (SSSR count). The summed E-state index contributed by atoms with van der Waals surface area (Å²) < 4.78 is 0.710. The van der Waals surface area contributed by atoms with Gasteiger partial charge in [-0.3, -0.25) is 4.90 Å². The Morgan fingerprint density at radius 1 is 1.53 bits per heavy atom. The molecule has 17 heavy (non-hydrogen) atoms. The van der Waals surface area contributed by atoms with Gasteiger partial charge in [0, 0.05) is 25.2 Å². The average molecular weight is 300 g/mol. The van der Waals surface area contributed by atoms with E-state index in [9.17, 15) is 0 Å². The summed E-state index contributed by atoms with van der Waals surface area (Å²) in [5.74, 6) is 1.06. The number of hydrogen-bond donors (Lipinski definition) is 2. The van der Waals surface area contributed by atoms with Crippen molar-refractivity contribution in [3.8, 4) is 0 Å². The summed E-state index contributed by atoms with van der Waals surface area (Å²) in [7, 11) is 0. The van der Waals surface area contributed by atoms with Crippen LogP contribution in [0.4, 0.5) is 11.8 Å². The van der Waals surface area contributed by atoms with Gasteiger partial charge in [-0.05, 0) is 35.3 Å². The molecule has 1 fully saturated rings. The molecule has 0 radical (unpaired) electrons. The van der Waals surface area contributed by atoms with E-state index in [2.05, 4.69) is 43.0 Å². The van der Waals surface area contributed by atoms with E-state index in [4.69, 9.17) is 5.73 Å². The van der Waals surface area contributed by atoms with Gasteiger partial charge in [-0.15, -0.1) is 0 Å². The summed E-state index contributed by atoms with van der Waals surface area (Å²) >= 11 is 3.30. The molecule has 5 nitrogen and oxygen atoms in total. The van der Waals surface area contributed by atoms with Gasteiger partial charge in [-0.2, -0.15) is 4.98 Å². The van der Waals surface area contributed by atoms with E-state index in [0.29, 0.717) is 16.4 Å². The maximum atomic E-state index is 5.64. The predicted molar refractivity (Wildman–Crippen MR) is 72.9 cm³/mol.